The van der Waals surface area contributed by atoms with E-state index in [1.807, 2.05) is 30.3 Å². The summed E-state index contributed by atoms with van der Waals surface area (Å²) in [6, 6.07) is 10.0. The molecule has 1 aromatic carbocycles. The topological polar surface area (TPSA) is 61.4 Å². The number of carbonyl (C=O) groups excluding carboxylic acids is 1. The first kappa shape index (κ1) is 16.9. The Labute approximate surface area is 131 Å². The maximum atomic E-state index is 14.6. The van der Waals surface area contributed by atoms with E-state index in [1.54, 1.807) is 6.92 Å². The molecule has 3 atom stereocenters. The zero-order valence-electron chi connectivity index (χ0n) is 13.0. The molecule has 5 heteroatoms. The fourth-order valence-corrected chi connectivity index (χ4v) is 3.03. The lowest BCUT2D eigenvalue weighted by Crippen LogP contribution is -2.68. The number of piperidine rings is 1. The van der Waals surface area contributed by atoms with Crippen LogP contribution in [0.2, 0.25) is 0 Å². The molecule has 22 heavy (non-hydrogen) atoms. The van der Waals surface area contributed by atoms with E-state index in [0.717, 1.165) is 12.8 Å². The van der Waals surface area contributed by atoms with Crippen LogP contribution in [0.25, 0.3) is 0 Å². The second-order valence-corrected chi connectivity index (χ2v) is 6.00. The van der Waals surface area contributed by atoms with Crippen molar-refractivity contribution >= 4 is 5.91 Å². The molecular weight excluding hydrogens is 283 g/mol. The predicted octanol–water partition coefficient (Wildman–Crippen LogP) is 1.58. The molecule has 0 unspecified atom stereocenters. The van der Waals surface area contributed by atoms with Crippen molar-refractivity contribution in [3.63, 3.8) is 0 Å². The van der Waals surface area contributed by atoms with E-state index < -0.39 is 17.8 Å². The van der Waals surface area contributed by atoms with E-state index in [-0.39, 0.29) is 12.5 Å². The Kier molecular flexibility index (Phi) is 5.91. The lowest BCUT2D eigenvalue weighted by Gasteiger charge is -2.43. The Hall–Kier alpha value is -1.46. The number of β-amino-alcohol motifs (C(OH)–C–C–N with tert-alkyl or cyclic N) is 1. The number of alkyl halides is 1. The third-order valence-corrected chi connectivity index (χ3v) is 4.30. The number of nitrogens with one attached hydrogen (secondary N) is 2. The Balaban J connectivity index is 2.02. The number of aryl methyl sites for hydroxylation is 1. The van der Waals surface area contributed by atoms with Gasteiger partial charge in [0.05, 0.1) is 11.6 Å². The van der Waals surface area contributed by atoms with Crippen molar-refractivity contribution in [3.05, 3.63) is 35.9 Å². The molecule has 1 aromatic rings. The third kappa shape index (κ3) is 4.05. The van der Waals surface area contributed by atoms with Gasteiger partial charge in [0.1, 0.15) is 0 Å². The summed E-state index contributed by atoms with van der Waals surface area (Å²) >= 11 is 0. The first-order valence-corrected chi connectivity index (χ1v) is 7.95. The molecule has 1 saturated heterocycles. The van der Waals surface area contributed by atoms with Crippen molar-refractivity contribution in [2.24, 2.45) is 0 Å². The summed E-state index contributed by atoms with van der Waals surface area (Å²) in [7, 11) is 0. The van der Waals surface area contributed by atoms with Crippen molar-refractivity contribution in [1.82, 2.24) is 10.6 Å². The van der Waals surface area contributed by atoms with Crippen LogP contribution in [0.3, 0.4) is 0 Å². The fraction of sp³-hybridized carbons (Fsp3) is 0.588. The summed E-state index contributed by atoms with van der Waals surface area (Å²) in [6.45, 7) is 2.32. The third-order valence-electron chi connectivity index (χ3n) is 4.30. The quantitative estimate of drug-likeness (QED) is 0.748. The number of hydrogen-bond donors (Lipinski definition) is 3. The summed E-state index contributed by atoms with van der Waals surface area (Å²) in [4.78, 5) is 11.8. The lowest BCUT2D eigenvalue weighted by atomic mass is 9.81. The Morgan fingerprint density at radius 1 is 1.45 bits per heavy atom. The van der Waals surface area contributed by atoms with E-state index in [2.05, 4.69) is 10.6 Å². The monoisotopic (exact) mass is 308 g/mol. The highest BCUT2D eigenvalue weighted by molar-refractivity contribution is 5.76. The number of aliphatic hydroxyl groups excluding tert-OH is 1. The van der Waals surface area contributed by atoms with Gasteiger partial charge in [-0.2, -0.15) is 0 Å². The summed E-state index contributed by atoms with van der Waals surface area (Å²) in [5.74, 6) is -0.182. The van der Waals surface area contributed by atoms with Gasteiger partial charge in [-0.05, 0) is 24.8 Å². The molecule has 1 amide bonds. The summed E-state index contributed by atoms with van der Waals surface area (Å²) < 4.78 is 14.6. The number of carbonyl (C=O) groups is 1. The molecule has 1 heterocycles. The van der Waals surface area contributed by atoms with Crippen LogP contribution in [0.5, 0.6) is 0 Å². The minimum absolute atomic E-state index is 0.182. The van der Waals surface area contributed by atoms with E-state index in [9.17, 15) is 14.3 Å². The smallest absolute Gasteiger partial charge is 0.220 e. The van der Waals surface area contributed by atoms with Crippen LogP contribution in [0.1, 0.15) is 31.7 Å². The van der Waals surface area contributed by atoms with Crippen LogP contribution in [-0.4, -0.2) is 41.9 Å². The molecule has 0 bridgehead atoms. The molecule has 0 spiro atoms. The fourth-order valence-electron chi connectivity index (χ4n) is 3.03. The predicted molar refractivity (Wildman–Crippen MR) is 84.3 cm³/mol. The maximum absolute atomic E-state index is 14.6. The van der Waals surface area contributed by atoms with Crippen molar-refractivity contribution < 1.29 is 14.3 Å². The standard InChI is InChI=1S/C17H25FN2O2/c1-2-15(22)20-17(12-19-11-14(21)16(17)18)10-6-9-13-7-4-3-5-8-13/h3-5,7-8,14,16,19,21H,2,6,9-12H2,1H3,(H,20,22)/t14-,16+,17+/m1/s1. The number of rotatable bonds is 6. The van der Waals surface area contributed by atoms with Gasteiger partial charge in [-0.1, -0.05) is 37.3 Å². The van der Waals surface area contributed by atoms with E-state index >= 15 is 0 Å². The van der Waals surface area contributed by atoms with Crippen LogP contribution in [0, 0.1) is 0 Å². The van der Waals surface area contributed by atoms with E-state index in [1.165, 1.54) is 5.56 Å². The Morgan fingerprint density at radius 3 is 2.86 bits per heavy atom. The first-order chi connectivity index (χ1) is 10.6. The van der Waals surface area contributed by atoms with Crippen LogP contribution in [0.4, 0.5) is 4.39 Å². The van der Waals surface area contributed by atoms with Crippen LogP contribution < -0.4 is 10.6 Å². The summed E-state index contributed by atoms with van der Waals surface area (Å²) in [6.07, 6.45) is -0.138. The molecule has 0 aromatic heterocycles. The molecule has 1 aliphatic heterocycles. The summed E-state index contributed by atoms with van der Waals surface area (Å²) in [5, 5.41) is 15.7. The minimum Gasteiger partial charge on any atom is -0.389 e. The number of hydrogen-bond acceptors (Lipinski definition) is 3. The molecule has 0 radical (unpaired) electrons. The van der Waals surface area contributed by atoms with Gasteiger partial charge in [0.2, 0.25) is 5.91 Å². The molecule has 0 saturated carbocycles. The molecule has 1 fully saturated rings. The van der Waals surface area contributed by atoms with Gasteiger partial charge in [-0.3, -0.25) is 4.79 Å². The molecule has 0 aliphatic carbocycles. The van der Waals surface area contributed by atoms with Crippen molar-refractivity contribution in [3.8, 4) is 0 Å². The van der Waals surface area contributed by atoms with Gasteiger partial charge in [0.25, 0.3) is 0 Å². The number of halogens is 1. The van der Waals surface area contributed by atoms with Crippen molar-refractivity contribution in [2.75, 3.05) is 13.1 Å². The highest BCUT2D eigenvalue weighted by Crippen LogP contribution is 2.27. The number of benzene rings is 1. The largest absolute Gasteiger partial charge is 0.389 e. The summed E-state index contributed by atoms with van der Waals surface area (Å²) in [5.41, 5.74) is 0.179. The highest BCUT2D eigenvalue weighted by Gasteiger charge is 2.46. The molecule has 4 nitrogen and oxygen atoms in total. The van der Waals surface area contributed by atoms with Gasteiger partial charge in [0, 0.05) is 19.5 Å². The second-order valence-electron chi connectivity index (χ2n) is 6.00. The second kappa shape index (κ2) is 7.70. The average Bonchev–Trinajstić information content (AvgIpc) is 2.53. The maximum Gasteiger partial charge on any atom is 0.220 e. The van der Waals surface area contributed by atoms with Gasteiger partial charge >= 0.3 is 0 Å². The van der Waals surface area contributed by atoms with Crippen LogP contribution in [-0.2, 0) is 11.2 Å². The Morgan fingerprint density at radius 2 is 2.18 bits per heavy atom. The zero-order chi connectivity index (χ0) is 16.0. The van der Waals surface area contributed by atoms with Crippen molar-refractivity contribution in [1.29, 1.82) is 0 Å². The zero-order valence-corrected chi connectivity index (χ0v) is 13.0. The van der Waals surface area contributed by atoms with Crippen molar-refractivity contribution in [2.45, 2.75) is 50.4 Å². The van der Waals surface area contributed by atoms with Gasteiger partial charge in [-0.15, -0.1) is 0 Å². The molecule has 1 aliphatic rings. The molecule has 2 rings (SSSR count). The molecular formula is C17H25FN2O2. The SMILES string of the molecule is CCC(=O)N[C@@]1(CCCc2ccccc2)CNC[C@@H](O)[C@@H]1F. The lowest BCUT2D eigenvalue weighted by molar-refractivity contribution is -0.125. The van der Waals surface area contributed by atoms with E-state index in [4.69, 9.17) is 0 Å². The van der Waals surface area contributed by atoms with E-state index in [0.29, 0.717) is 19.4 Å². The Bertz CT molecular complexity index is 483. The molecule has 122 valence electrons. The van der Waals surface area contributed by atoms with Crippen LogP contribution >= 0.6 is 0 Å². The van der Waals surface area contributed by atoms with Gasteiger partial charge < -0.3 is 15.7 Å². The number of aliphatic hydroxyl groups is 1. The normalized spacial score (nSPS) is 28.3. The van der Waals surface area contributed by atoms with Crippen LogP contribution in [0.15, 0.2) is 30.3 Å². The van der Waals surface area contributed by atoms with Gasteiger partial charge in [0.15, 0.2) is 6.17 Å². The average molecular weight is 308 g/mol. The number of amides is 1. The first-order valence-electron chi connectivity index (χ1n) is 7.95. The highest BCUT2D eigenvalue weighted by atomic mass is 19.1. The van der Waals surface area contributed by atoms with Gasteiger partial charge in [-0.25, -0.2) is 4.39 Å². The molecule has 3 N–H and O–H groups in total. The minimum atomic E-state index is -1.44.